The summed E-state index contributed by atoms with van der Waals surface area (Å²) in [4.78, 5) is 8.79. The van der Waals surface area contributed by atoms with Crippen LogP contribution in [0.15, 0.2) is 30.6 Å². The first-order valence-corrected chi connectivity index (χ1v) is 9.13. The van der Waals surface area contributed by atoms with Crippen LogP contribution < -0.4 is 15.8 Å². The summed E-state index contributed by atoms with van der Waals surface area (Å²) in [7, 11) is 1.64. The van der Waals surface area contributed by atoms with E-state index in [0.717, 1.165) is 39.2 Å². The minimum atomic E-state index is 0.394. The molecule has 3 heterocycles. The highest BCUT2D eigenvalue weighted by atomic mass is 16.5. The third-order valence-corrected chi connectivity index (χ3v) is 5.00. The number of nitrogens with zero attached hydrogens (tertiary/aromatic N) is 4. The van der Waals surface area contributed by atoms with Crippen molar-refractivity contribution >= 4 is 22.7 Å². The molecule has 3 aromatic heterocycles. The van der Waals surface area contributed by atoms with Crippen LogP contribution in [0, 0.1) is 0 Å². The predicted molar refractivity (Wildman–Crippen MR) is 106 cm³/mol. The van der Waals surface area contributed by atoms with Crippen molar-refractivity contribution in [3.63, 3.8) is 0 Å². The van der Waals surface area contributed by atoms with Gasteiger partial charge in [-0.05, 0) is 30.5 Å². The number of nitrogen functional groups attached to an aromatic ring is 1. The first kappa shape index (κ1) is 16.5. The van der Waals surface area contributed by atoms with Crippen LogP contribution in [0.25, 0.3) is 22.2 Å². The number of aromatic amines is 2. The Morgan fingerprint density at radius 2 is 2.11 bits per heavy atom. The lowest BCUT2D eigenvalue weighted by atomic mass is 10.1. The smallest absolute Gasteiger partial charge is 0.224 e. The topological polar surface area (TPSA) is 130 Å². The van der Waals surface area contributed by atoms with Crippen molar-refractivity contribution < 1.29 is 4.74 Å². The lowest BCUT2D eigenvalue weighted by molar-refractivity contribution is 0.415. The number of H-pyrrole nitrogens is 2. The first-order chi connectivity index (χ1) is 13.7. The second-order valence-electron chi connectivity index (χ2n) is 6.95. The van der Waals surface area contributed by atoms with E-state index in [1.54, 1.807) is 19.5 Å². The number of benzene rings is 1. The lowest BCUT2D eigenvalue weighted by Gasteiger charge is -2.09. The largest absolute Gasteiger partial charge is 0.497 e. The highest BCUT2D eigenvalue weighted by Gasteiger charge is 2.26. The van der Waals surface area contributed by atoms with Crippen LogP contribution in [0.4, 0.5) is 11.8 Å². The van der Waals surface area contributed by atoms with E-state index < -0.39 is 0 Å². The zero-order valence-corrected chi connectivity index (χ0v) is 15.4. The molecule has 142 valence electrons. The second-order valence-corrected chi connectivity index (χ2v) is 6.95. The van der Waals surface area contributed by atoms with Gasteiger partial charge in [-0.15, -0.1) is 0 Å². The van der Waals surface area contributed by atoms with E-state index in [0.29, 0.717) is 24.2 Å². The van der Waals surface area contributed by atoms with Crippen molar-refractivity contribution in [2.45, 2.75) is 25.3 Å². The van der Waals surface area contributed by atoms with E-state index in [-0.39, 0.29) is 0 Å². The van der Waals surface area contributed by atoms with E-state index in [2.05, 4.69) is 35.7 Å². The molecule has 0 atom stereocenters. The number of fused-ring (bicyclic) bond motifs is 1. The number of aromatic nitrogens is 6. The minimum absolute atomic E-state index is 0.394. The van der Waals surface area contributed by atoms with Crippen LogP contribution in [-0.4, -0.2) is 37.5 Å². The van der Waals surface area contributed by atoms with Gasteiger partial charge in [0.05, 0.1) is 30.1 Å². The molecule has 5 N–H and O–H groups in total. The van der Waals surface area contributed by atoms with Crippen LogP contribution in [0.5, 0.6) is 5.75 Å². The molecular weight excluding hydrogens is 356 g/mol. The molecule has 4 aromatic rings. The molecule has 5 rings (SSSR count). The molecule has 0 saturated heterocycles. The number of rotatable bonds is 6. The van der Waals surface area contributed by atoms with Crippen LogP contribution in [0.3, 0.4) is 0 Å². The molecule has 0 bridgehead atoms. The molecule has 1 aliphatic rings. The highest BCUT2D eigenvalue weighted by Crippen LogP contribution is 2.40. The molecule has 0 radical (unpaired) electrons. The fraction of sp³-hybridized carbons (Fsp3) is 0.263. The third kappa shape index (κ3) is 3.00. The Balaban J connectivity index is 1.36. The van der Waals surface area contributed by atoms with Crippen LogP contribution >= 0.6 is 0 Å². The predicted octanol–water partition coefficient (Wildman–Crippen LogP) is 2.82. The summed E-state index contributed by atoms with van der Waals surface area (Å²) in [5.41, 5.74) is 10.8. The van der Waals surface area contributed by atoms with E-state index in [4.69, 9.17) is 10.5 Å². The summed E-state index contributed by atoms with van der Waals surface area (Å²) in [6.07, 6.45) is 5.92. The van der Waals surface area contributed by atoms with Gasteiger partial charge < -0.3 is 15.8 Å². The molecule has 9 heteroatoms. The van der Waals surface area contributed by atoms with Gasteiger partial charge in [-0.25, -0.2) is 4.98 Å². The Morgan fingerprint density at radius 1 is 1.21 bits per heavy atom. The normalized spacial score (nSPS) is 13.8. The van der Waals surface area contributed by atoms with Crippen molar-refractivity contribution in [1.82, 2.24) is 30.4 Å². The summed E-state index contributed by atoms with van der Waals surface area (Å²) in [6.45, 7) is 0.514. The van der Waals surface area contributed by atoms with Gasteiger partial charge in [0.2, 0.25) is 5.95 Å². The van der Waals surface area contributed by atoms with Crippen LogP contribution in [0.2, 0.25) is 0 Å². The molecule has 1 aliphatic carbocycles. The quantitative estimate of drug-likeness (QED) is 0.407. The maximum absolute atomic E-state index is 6.16. The lowest BCUT2D eigenvalue weighted by Crippen LogP contribution is -2.06. The Labute approximate surface area is 160 Å². The molecule has 0 spiro atoms. The summed E-state index contributed by atoms with van der Waals surface area (Å²) in [5.74, 6) is 2.21. The van der Waals surface area contributed by atoms with Gasteiger partial charge in [0, 0.05) is 35.8 Å². The summed E-state index contributed by atoms with van der Waals surface area (Å²) < 4.78 is 5.35. The van der Waals surface area contributed by atoms with Gasteiger partial charge >= 0.3 is 0 Å². The van der Waals surface area contributed by atoms with Gasteiger partial charge in [0.25, 0.3) is 0 Å². The number of hydrogen-bond donors (Lipinski definition) is 4. The third-order valence-electron chi connectivity index (χ3n) is 5.00. The SMILES string of the molecule is COc1cc(CNc2ncc(-c3cc(C4CC4)[nH]n3)c(N)n2)c2cn[nH]c2c1. The maximum Gasteiger partial charge on any atom is 0.224 e. The standard InChI is InChI=1S/C19H20N8O/c1-28-12-4-11(13-9-23-25-16(13)5-12)7-21-19-22-8-14(18(20)24-19)17-6-15(26-27-17)10-2-3-10/h4-6,8-10H,2-3,7H2,1H3,(H,23,25)(H,26,27)(H3,20,21,22,24). The minimum Gasteiger partial charge on any atom is -0.497 e. The molecule has 1 aromatic carbocycles. The number of ether oxygens (including phenoxy) is 1. The molecular formula is C19H20N8O. The van der Waals surface area contributed by atoms with Crippen molar-refractivity contribution in [3.05, 3.63) is 41.9 Å². The fourth-order valence-corrected chi connectivity index (χ4v) is 3.29. The number of nitrogens with one attached hydrogen (secondary N) is 3. The van der Waals surface area contributed by atoms with Crippen LogP contribution in [0.1, 0.15) is 30.0 Å². The van der Waals surface area contributed by atoms with Gasteiger partial charge in [-0.3, -0.25) is 10.2 Å². The fourth-order valence-electron chi connectivity index (χ4n) is 3.29. The summed E-state index contributed by atoms with van der Waals surface area (Å²) in [6, 6.07) is 5.91. The number of nitrogens with two attached hydrogens (primary N) is 1. The molecule has 0 aliphatic heterocycles. The molecule has 28 heavy (non-hydrogen) atoms. The summed E-state index contributed by atoms with van der Waals surface area (Å²) >= 11 is 0. The Morgan fingerprint density at radius 3 is 2.89 bits per heavy atom. The van der Waals surface area contributed by atoms with E-state index in [1.165, 1.54) is 12.8 Å². The van der Waals surface area contributed by atoms with E-state index in [1.807, 2.05) is 18.2 Å². The molecule has 0 amide bonds. The van der Waals surface area contributed by atoms with Crippen molar-refractivity contribution in [2.24, 2.45) is 0 Å². The molecule has 1 fully saturated rings. The van der Waals surface area contributed by atoms with Crippen molar-refractivity contribution in [3.8, 4) is 17.0 Å². The molecule has 9 nitrogen and oxygen atoms in total. The van der Waals surface area contributed by atoms with E-state index in [9.17, 15) is 0 Å². The number of methoxy groups -OCH3 is 1. The van der Waals surface area contributed by atoms with Gasteiger partial charge in [-0.2, -0.15) is 15.2 Å². The Kier molecular flexibility index (Phi) is 3.85. The maximum atomic E-state index is 6.16. The zero-order chi connectivity index (χ0) is 19.1. The monoisotopic (exact) mass is 376 g/mol. The average Bonchev–Trinajstić information content (AvgIpc) is 3.24. The van der Waals surface area contributed by atoms with Gasteiger partial charge in [0.15, 0.2) is 0 Å². The Hall–Kier alpha value is -3.62. The van der Waals surface area contributed by atoms with Gasteiger partial charge in [0.1, 0.15) is 11.6 Å². The molecule has 0 unspecified atom stereocenters. The highest BCUT2D eigenvalue weighted by molar-refractivity contribution is 5.83. The Bertz CT molecular complexity index is 1140. The first-order valence-electron chi connectivity index (χ1n) is 9.13. The summed E-state index contributed by atoms with van der Waals surface area (Å²) in [5, 5.41) is 18.7. The zero-order valence-electron chi connectivity index (χ0n) is 15.4. The number of hydrogen-bond acceptors (Lipinski definition) is 7. The van der Waals surface area contributed by atoms with Gasteiger partial charge in [-0.1, -0.05) is 0 Å². The number of anilines is 2. The van der Waals surface area contributed by atoms with Crippen molar-refractivity contribution in [2.75, 3.05) is 18.2 Å². The molecule has 1 saturated carbocycles. The second kappa shape index (κ2) is 6.52. The van der Waals surface area contributed by atoms with Crippen LogP contribution in [-0.2, 0) is 6.54 Å². The average molecular weight is 376 g/mol. The van der Waals surface area contributed by atoms with Crippen molar-refractivity contribution in [1.29, 1.82) is 0 Å². The van der Waals surface area contributed by atoms with E-state index >= 15 is 0 Å².